The summed E-state index contributed by atoms with van der Waals surface area (Å²) in [6.07, 6.45) is 7.03. The van der Waals surface area contributed by atoms with Crippen LogP contribution in [0.2, 0.25) is 0 Å². The first kappa shape index (κ1) is 16.0. The summed E-state index contributed by atoms with van der Waals surface area (Å²) in [6.45, 7) is 5.93. The molecule has 5 heteroatoms. The minimum Gasteiger partial charge on any atom is -0.378 e. The summed E-state index contributed by atoms with van der Waals surface area (Å²) in [5, 5.41) is 6.76. The van der Waals surface area contributed by atoms with Crippen LogP contribution < -0.4 is 10.6 Å². The van der Waals surface area contributed by atoms with Gasteiger partial charge in [-0.3, -0.25) is 0 Å². The van der Waals surface area contributed by atoms with E-state index >= 15 is 0 Å². The molecule has 4 atom stereocenters. The Morgan fingerprint density at radius 2 is 2.15 bits per heavy atom. The van der Waals surface area contributed by atoms with Crippen LogP contribution in [-0.2, 0) is 4.74 Å². The Kier molecular flexibility index (Phi) is 6.02. The molecule has 2 aliphatic rings. The number of urea groups is 1. The first-order valence-electron chi connectivity index (χ1n) is 7.80. The lowest BCUT2D eigenvalue weighted by molar-refractivity contribution is 0.0545. The van der Waals surface area contributed by atoms with Crippen LogP contribution in [0.1, 0.15) is 39.5 Å². The van der Waals surface area contributed by atoms with Crippen molar-refractivity contribution in [3.8, 4) is 0 Å². The van der Waals surface area contributed by atoms with Gasteiger partial charge in [0.15, 0.2) is 0 Å². The number of rotatable bonds is 5. The van der Waals surface area contributed by atoms with Gasteiger partial charge < -0.3 is 15.4 Å². The van der Waals surface area contributed by atoms with E-state index < -0.39 is 0 Å². The molecule has 0 bridgehead atoms. The third kappa shape index (κ3) is 4.04. The monoisotopic (exact) mass is 300 g/mol. The predicted octanol–water partition coefficient (Wildman–Crippen LogP) is 2.63. The Morgan fingerprint density at radius 3 is 2.85 bits per heavy atom. The molecule has 0 aromatic rings. The van der Waals surface area contributed by atoms with E-state index in [2.05, 4.69) is 30.7 Å². The maximum atomic E-state index is 12.0. The summed E-state index contributed by atoms with van der Waals surface area (Å²) < 4.78 is 5.75. The first-order chi connectivity index (χ1) is 9.61. The van der Waals surface area contributed by atoms with Crippen molar-refractivity contribution < 1.29 is 9.53 Å². The van der Waals surface area contributed by atoms with Gasteiger partial charge in [-0.15, -0.1) is 0 Å². The molecule has 0 aromatic heterocycles. The fourth-order valence-electron chi connectivity index (χ4n) is 3.43. The van der Waals surface area contributed by atoms with E-state index in [1.165, 1.54) is 12.8 Å². The highest BCUT2D eigenvalue weighted by Crippen LogP contribution is 2.28. The summed E-state index contributed by atoms with van der Waals surface area (Å²) in [5.41, 5.74) is 0. The molecule has 2 fully saturated rings. The number of hydrogen-bond donors (Lipinski definition) is 2. The van der Waals surface area contributed by atoms with Crippen LogP contribution in [0.5, 0.6) is 0 Å². The second-order valence-electron chi connectivity index (χ2n) is 6.29. The van der Waals surface area contributed by atoms with Crippen molar-refractivity contribution in [3.63, 3.8) is 0 Å². The fourth-order valence-corrected chi connectivity index (χ4v) is 4.36. The number of nitrogens with one attached hydrogen (secondary N) is 2. The van der Waals surface area contributed by atoms with Gasteiger partial charge in [0.1, 0.15) is 0 Å². The van der Waals surface area contributed by atoms with Crippen LogP contribution in [0.3, 0.4) is 0 Å². The number of amides is 2. The summed E-state index contributed by atoms with van der Waals surface area (Å²) in [6, 6.07) is 0.330. The molecule has 0 spiro atoms. The van der Waals surface area contributed by atoms with E-state index in [-0.39, 0.29) is 6.03 Å². The van der Waals surface area contributed by atoms with Crippen molar-refractivity contribution in [3.05, 3.63) is 0 Å². The van der Waals surface area contributed by atoms with Crippen LogP contribution in [0, 0.1) is 11.8 Å². The van der Waals surface area contributed by atoms with Crippen LogP contribution in [0.15, 0.2) is 0 Å². The Hall–Kier alpha value is -0.420. The molecule has 2 N–H and O–H groups in total. The molecule has 1 saturated carbocycles. The lowest BCUT2D eigenvalue weighted by atomic mass is 9.93. The number of hydrogen-bond acceptors (Lipinski definition) is 3. The maximum Gasteiger partial charge on any atom is 0.315 e. The van der Waals surface area contributed by atoms with E-state index in [0.717, 1.165) is 26.0 Å². The highest BCUT2D eigenvalue weighted by atomic mass is 32.2. The Balaban J connectivity index is 1.72. The minimum absolute atomic E-state index is 0.00893. The lowest BCUT2D eigenvalue weighted by Crippen LogP contribution is -2.46. The Morgan fingerprint density at radius 1 is 1.35 bits per heavy atom. The van der Waals surface area contributed by atoms with Gasteiger partial charge in [0.2, 0.25) is 0 Å². The van der Waals surface area contributed by atoms with Gasteiger partial charge in [0.25, 0.3) is 0 Å². The van der Waals surface area contributed by atoms with Gasteiger partial charge in [-0.2, -0.15) is 11.8 Å². The van der Waals surface area contributed by atoms with E-state index in [4.69, 9.17) is 4.74 Å². The number of carbonyl (C=O) groups excluding carboxylic acids is 1. The molecule has 116 valence electrons. The largest absolute Gasteiger partial charge is 0.378 e. The third-order valence-electron chi connectivity index (χ3n) is 4.52. The minimum atomic E-state index is -0.00893. The molecule has 4 nitrogen and oxygen atoms in total. The SMILES string of the molecule is CS[C@@H]1CCC[C@@H]1NC(=O)NC[C@H]1CCO[C@@H]1C(C)C. The maximum absolute atomic E-state index is 12.0. The molecule has 1 heterocycles. The van der Waals surface area contributed by atoms with Crippen molar-refractivity contribution >= 4 is 17.8 Å². The normalized spacial score (nSPS) is 33.6. The van der Waals surface area contributed by atoms with Gasteiger partial charge in [-0.1, -0.05) is 20.3 Å². The molecule has 20 heavy (non-hydrogen) atoms. The fraction of sp³-hybridized carbons (Fsp3) is 0.933. The van der Waals surface area contributed by atoms with E-state index in [1.807, 2.05) is 11.8 Å². The van der Waals surface area contributed by atoms with Crippen molar-refractivity contribution in [1.82, 2.24) is 10.6 Å². The molecule has 1 aliphatic heterocycles. The zero-order valence-corrected chi connectivity index (χ0v) is 13.7. The molecule has 0 radical (unpaired) electrons. The molecule has 2 amide bonds. The summed E-state index contributed by atoms with van der Waals surface area (Å²) in [4.78, 5) is 12.0. The molecule has 2 rings (SSSR count). The third-order valence-corrected chi connectivity index (χ3v) is 5.69. The lowest BCUT2D eigenvalue weighted by Gasteiger charge is -2.23. The van der Waals surface area contributed by atoms with Gasteiger partial charge in [-0.05, 0) is 31.4 Å². The standard InChI is InChI=1S/C15H28N2O2S/c1-10(2)14-11(7-8-19-14)9-16-15(18)17-12-5-4-6-13(12)20-3/h10-14H,4-9H2,1-3H3,(H2,16,17,18)/t11-,12+,13-,14-/m1/s1. The highest BCUT2D eigenvalue weighted by Gasteiger charge is 2.31. The van der Waals surface area contributed by atoms with Gasteiger partial charge >= 0.3 is 6.03 Å². The summed E-state index contributed by atoms with van der Waals surface area (Å²) in [5.74, 6) is 0.976. The number of thioether (sulfide) groups is 1. The average Bonchev–Trinajstić information content (AvgIpc) is 3.04. The topological polar surface area (TPSA) is 50.4 Å². The first-order valence-corrected chi connectivity index (χ1v) is 9.09. The molecule has 0 aromatic carbocycles. The molecular weight excluding hydrogens is 272 g/mol. The van der Waals surface area contributed by atoms with Crippen LogP contribution >= 0.6 is 11.8 Å². The van der Waals surface area contributed by atoms with Gasteiger partial charge in [0.05, 0.1) is 6.10 Å². The quantitative estimate of drug-likeness (QED) is 0.820. The second-order valence-corrected chi connectivity index (χ2v) is 7.37. The van der Waals surface area contributed by atoms with E-state index in [1.54, 1.807) is 0 Å². The van der Waals surface area contributed by atoms with Gasteiger partial charge in [0, 0.05) is 30.4 Å². The van der Waals surface area contributed by atoms with Crippen molar-refractivity contribution in [2.24, 2.45) is 11.8 Å². The van der Waals surface area contributed by atoms with E-state index in [9.17, 15) is 4.79 Å². The van der Waals surface area contributed by atoms with Crippen molar-refractivity contribution in [2.45, 2.75) is 56.9 Å². The number of ether oxygens (including phenoxy) is 1. The second kappa shape index (κ2) is 7.55. The average molecular weight is 300 g/mol. The zero-order valence-electron chi connectivity index (χ0n) is 12.9. The van der Waals surface area contributed by atoms with Gasteiger partial charge in [-0.25, -0.2) is 4.79 Å². The highest BCUT2D eigenvalue weighted by molar-refractivity contribution is 7.99. The molecule has 0 unspecified atom stereocenters. The molecular formula is C15H28N2O2S. The zero-order chi connectivity index (χ0) is 14.5. The summed E-state index contributed by atoms with van der Waals surface area (Å²) in [7, 11) is 0. The Bertz CT molecular complexity index is 325. The van der Waals surface area contributed by atoms with Crippen LogP contribution in [0.4, 0.5) is 4.79 Å². The Labute approximate surface area is 126 Å². The predicted molar refractivity (Wildman–Crippen MR) is 84.2 cm³/mol. The smallest absolute Gasteiger partial charge is 0.315 e. The van der Waals surface area contributed by atoms with E-state index in [0.29, 0.717) is 29.2 Å². The molecule has 1 aliphatic carbocycles. The van der Waals surface area contributed by atoms with Crippen molar-refractivity contribution in [2.75, 3.05) is 19.4 Å². The summed E-state index contributed by atoms with van der Waals surface area (Å²) >= 11 is 1.87. The van der Waals surface area contributed by atoms with Crippen molar-refractivity contribution in [1.29, 1.82) is 0 Å². The molecule has 1 saturated heterocycles. The van der Waals surface area contributed by atoms with Crippen LogP contribution in [0.25, 0.3) is 0 Å². The van der Waals surface area contributed by atoms with Crippen LogP contribution in [-0.4, -0.2) is 42.8 Å². The number of carbonyl (C=O) groups is 1.